The SMILES string of the molecule is Cc1cscc1NC1=N[C@@H]2CCCC[C@H]2N1.Cl. The van der Waals surface area contributed by atoms with E-state index in [1.165, 1.54) is 36.9 Å². The zero-order valence-electron chi connectivity index (χ0n) is 9.90. The van der Waals surface area contributed by atoms with E-state index in [1.807, 2.05) is 0 Å². The molecule has 0 spiro atoms. The summed E-state index contributed by atoms with van der Waals surface area (Å²) in [5.74, 6) is 0.971. The van der Waals surface area contributed by atoms with Crippen molar-refractivity contribution in [3.05, 3.63) is 16.3 Å². The highest BCUT2D eigenvalue weighted by Gasteiger charge is 2.30. The maximum atomic E-state index is 4.73. The van der Waals surface area contributed by atoms with E-state index in [1.54, 1.807) is 11.3 Å². The third-order valence-corrected chi connectivity index (χ3v) is 4.32. The Morgan fingerprint density at radius 3 is 2.88 bits per heavy atom. The Balaban J connectivity index is 0.00000108. The van der Waals surface area contributed by atoms with Crippen LogP contribution in [0.15, 0.2) is 15.8 Å². The zero-order chi connectivity index (χ0) is 11.0. The Bertz CT molecular complexity index is 416. The van der Waals surface area contributed by atoms with Crippen LogP contribution in [0.4, 0.5) is 5.69 Å². The summed E-state index contributed by atoms with van der Waals surface area (Å²) in [6.07, 6.45) is 5.18. The third-order valence-electron chi connectivity index (χ3n) is 3.46. The highest BCUT2D eigenvalue weighted by Crippen LogP contribution is 2.26. The van der Waals surface area contributed by atoms with Crippen molar-refractivity contribution < 1.29 is 0 Å². The van der Waals surface area contributed by atoms with Gasteiger partial charge in [-0.2, -0.15) is 0 Å². The summed E-state index contributed by atoms with van der Waals surface area (Å²) in [6.45, 7) is 2.13. The van der Waals surface area contributed by atoms with Crippen LogP contribution >= 0.6 is 23.7 Å². The fraction of sp³-hybridized carbons (Fsp3) is 0.583. The fourth-order valence-corrected chi connectivity index (χ4v) is 3.28. The minimum atomic E-state index is 0. The predicted octanol–water partition coefficient (Wildman–Crippen LogP) is 3.16. The lowest BCUT2D eigenvalue weighted by molar-refractivity contribution is 0.384. The van der Waals surface area contributed by atoms with Crippen molar-refractivity contribution in [3.8, 4) is 0 Å². The van der Waals surface area contributed by atoms with Crippen molar-refractivity contribution in [2.24, 2.45) is 4.99 Å². The summed E-state index contributed by atoms with van der Waals surface area (Å²) in [5, 5.41) is 11.2. The van der Waals surface area contributed by atoms with Crippen LogP contribution in [0, 0.1) is 6.92 Å². The number of halogens is 1. The van der Waals surface area contributed by atoms with Crippen LogP contribution in [0.25, 0.3) is 0 Å². The molecule has 94 valence electrons. The van der Waals surface area contributed by atoms with Gasteiger partial charge in [-0.05, 0) is 30.7 Å². The molecule has 1 aliphatic carbocycles. The van der Waals surface area contributed by atoms with Crippen LogP contribution in [0.2, 0.25) is 0 Å². The lowest BCUT2D eigenvalue weighted by Gasteiger charge is -2.23. The van der Waals surface area contributed by atoms with Gasteiger partial charge in [-0.15, -0.1) is 23.7 Å². The monoisotopic (exact) mass is 271 g/mol. The molecule has 0 amide bonds. The Hall–Kier alpha value is -0.740. The molecule has 2 aliphatic rings. The molecular weight excluding hydrogens is 254 g/mol. The second-order valence-corrected chi connectivity index (χ2v) is 5.42. The molecule has 1 saturated carbocycles. The first-order valence-corrected chi connectivity index (χ1v) is 6.91. The number of nitrogens with zero attached hydrogens (tertiary/aromatic N) is 1. The highest BCUT2D eigenvalue weighted by atomic mass is 35.5. The van der Waals surface area contributed by atoms with Gasteiger partial charge in [-0.25, -0.2) is 4.99 Å². The van der Waals surface area contributed by atoms with Crippen LogP contribution < -0.4 is 10.6 Å². The van der Waals surface area contributed by atoms with E-state index in [0.717, 1.165) is 5.96 Å². The van der Waals surface area contributed by atoms with Crippen molar-refractivity contribution in [2.45, 2.75) is 44.7 Å². The molecule has 2 heterocycles. The van der Waals surface area contributed by atoms with Crippen molar-refractivity contribution in [2.75, 3.05) is 5.32 Å². The summed E-state index contributed by atoms with van der Waals surface area (Å²) in [4.78, 5) is 4.73. The molecule has 1 fully saturated rings. The minimum absolute atomic E-state index is 0. The first kappa shape index (κ1) is 12.7. The number of nitrogens with one attached hydrogen (secondary N) is 2. The van der Waals surface area contributed by atoms with Gasteiger partial charge < -0.3 is 10.6 Å². The second-order valence-electron chi connectivity index (χ2n) is 4.67. The van der Waals surface area contributed by atoms with Gasteiger partial charge in [0.15, 0.2) is 5.96 Å². The van der Waals surface area contributed by atoms with Gasteiger partial charge in [0.25, 0.3) is 0 Å². The molecule has 0 bridgehead atoms. The molecular formula is C12H18ClN3S. The number of guanidine groups is 1. The van der Waals surface area contributed by atoms with Gasteiger partial charge >= 0.3 is 0 Å². The van der Waals surface area contributed by atoms with Crippen molar-refractivity contribution in [1.29, 1.82) is 0 Å². The van der Waals surface area contributed by atoms with Crippen molar-refractivity contribution in [3.63, 3.8) is 0 Å². The van der Waals surface area contributed by atoms with Crippen LogP contribution in [-0.4, -0.2) is 18.0 Å². The largest absolute Gasteiger partial charge is 0.351 e. The molecule has 3 nitrogen and oxygen atoms in total. The van der Waals surface area contributed by atoms with E-state index in [0.29, 0.717) is 12.1 Å². The minimum Gasteiger partial charge on any atom is -0.351 e. The van der Waals surface area contributed by atoms with Gasteiger partial charge in [0.1, 0.15) is 0 Å². The quantitative estimate of drug-likeness (QED) is 0.823. The number of aryl methyl sites for hydroxylation is 1. The molecule has 1 aromatic heterocycles. The van der Waals surface area contributed by atoms with E-state index in [2.05, 4.69) is 28.3 Å². The summed E-state index contributed by atoms with van der Waals surface area (Å²) >= 11 is 1.73. The van der Waals surface area contributed by atoms with Gasteiger partial charge in [-0.1, -0.05) is 12.8 Å². The number of hydrogen-bond donors (Lipinski definition) is 2. The number of fused-ring (bicyclic) bond motifs is 1. The Kier molecular flexibility index (Phi) is 3.94. The molecule has 2 N–H and O–H groups in total. The van der Waals surface area contributed by atoms with E-state index in [4.69, 9.17) is 4.99 Å². The average Bonchev–Trinajstić information content (AvgIpc) is 2.85. The number of aliphatic imine (C=N–C) groups is 1. The lowest BCUT2D eigenvalue weighted by atomic mass is 9.92. The zero-order valence-corrected chi connectivity index (χ0v) is 11.5. The first-order valence-electron chi connectivity index (χ1n) is 5.97. The third kappa shape index (κ3) is 2.58. The number of anilines is 1. The molecule has 0 saturated heterocycles. The Morgan fingerprint density at radius 2 is 2.18 bits per heavy atom. The maximum Gasteiger partial charge on any atom is 0.196 e. The first-order chi connectivity index (χ1) is 7.83. The van der Waals surface area contributed by atoms with E-state index in [9.17, 15) is 0 Å². The maximum absolute atomic E-state index is 4.73. The molecule has 0 radical (unpaired) electrons. The van der Waals surface area contributed by atoms with Crippen LogP contribution in [0.1, 0.15) is 31.2 Å². The summed E-state index contributed by atoms with van der Waals surface area (Å²) in [7, 11) is 0. The van der Waals surface area contributed by atoms with Crippen LogP contribution in [-0.2, 0) is 0 Å². The standard InChI is InChI=1S/C12H17N3S.ClH/c1-8-6-16-7-11(8)15-12-13-9-4-2-3-5-10(9)14-12;/h6-7,9-10H,2-5H2,1H3,(H2,13,14,15);1H/t9-,10-;/m1./s1. The summed E-state index contributed by atoms with van der Waals surface area (Å²) in [6, 6.07) is 1.09. The topological polar surface area (TPSA) is 36.4 Å². The highest BCUT2D eigenvalue weighted by molar-refractivity contribution is 7.08. The van der Waals surface area contributed by atoms with Crippen LogP contribution in [0.3, 0.4) is 0 Å². The van der Waals surface area contributed by atoms with E-state index < -0.39 is 0 Å². The number of thiophene rings is 1. The average molecular weight is 272 g/mol. The van der Waals surface area contributed by atoms with E-state index >= 15 is 0 Å². The molecule has 3 rings (SSSR count). The molecule has 1 aliphatic heterocycles. The van der Waals surface area contributed by atoms with Crippen LogP contribution in [0.5, 0.6) is 0 Å². The molecule has 5 heteroatoms. The fourth-order valence-electron chi connectivity index (χ4n) is 2.50. The normalized spacial score (nSPS) is 26.5. The Labute approximate surface area is 112 Å². The summed E-state index contributed by atoms with van der Waals surface area (Å²) < 4.78 is 0. The van der Waals surface area contributed by atoms with Gasteiger partial charge in [0.2, 0.25) is 0 Å². The molecule has 1 aromatic rings. The summed E-state index contributed by atoms with van der Waals surface area (Å²) in [5.41, 5.74) is 2.49. The Morgan fingerprint density at radius 1 is 1.35 bits per heavy atom. The van der Waals surface area contributed by atoms with Crippen molar-refractivity contribution in [1.82, 2.24) is 5.32 Å². The van der Waals surface area contributed by atoms with Gasteiger partial charge in [0.05, 0.1) is 17.8 Å². The second kappa shape index (κ2) is 5.27. The smallest absolute Gasteiger partial charge is 0.196 e. The lowest BCUT2D eigenvalue weighted by Crippen LogP contribution is -2.38. The molecule has 0 unspecified atom stereocenters. The van der Waals surface area contributed by atoms with Gasteiger partial charge in [0, 0.05) is 5.38 Å². The van der Waals surface area contributed by atoms with Gasteiger partial charge in [-0.3, -0.25) is 0 Å². The molecule has 0 aromatic carbocycles. The number of rotatable bonds is 1. The predicted molar refractivity (Wildman–Crippen MR) is 76.5 cm³/mol. The van der Waals surface area contributed by atoms with E-state index in [-0.39, 0.29) is 12.4 Å². The molecule has 17 heavy (non-hydrogen) atoms. The molecule has 2 atom stereocenters. The number of hydrogen-bond acceptors (Lipinski definition) is 4. The van der Waals surface area contributed by atoms with Crippen molar-refractivity contribution >= 4 is 35.4 Å².